The minimum absolute atomic E-state index is 0.357. The maximum atomic E-state index is 11.4. The normalized spacial score (nSPS) is 10.5. The summed E-state index contributed by atoms with van der Waals surface area (Å²) in [5.41, 5.74) is 2.89. The molecular formula is C18H16O4. The van der Waals surface area contributed by atoms with Crippen LogP contribution in [0.2, 0.25) is 0 Å². The lowest BCUT2D eigenvalue weighted by molar-refractivity contribution is 0.0600. The molecule has 22 heavy (non-hydrogen) atoms. The number of carbonyl (C=O) groups excluding carboxylic acids is 2. The van der Waals surface area contributed by atoms with Crippen LogP contribution in [-0.2, 0) is 4.74 Å². The van der Waals surface area contributed by atoms with Gasteiger partial charge in [0, 0.05) is 0 Å². The molecule has 0 aliphatic carbocycles. The van der Waals surface area contributed by atoms with E-state index in [0.29, 0.717) is 16.9 Å². The molecule has 0 radical (unpaired) electrons. The summed E-state index contributed by atoms with van der Waals surface area (Å²) in [6.45, 7) is 0. The van der Waals surface area contributed by atoms with E-state index in [1.54, 1.807) is 24.3 Å². The van der Waals surface area contributed by atoms with Gasteiger partial charge in [0.2, 0.25) is 0 Å². The monoisotopic (exact) mass is 296 g/mol. The van der Waals surface area contributed by atoms with Crippen molar-refractivity contribution in [1.82, 2.24) is 0 Å². The van der Waals surface area contributed by atoms with Gasteiger partial charge in [0.25, 0.3) is 0 Å². The highest BCUT2D eigenvalue weighted by Crippen LogP contribution is 2.20. The Labute approximate surface area is 129 Å². The van der Waals surface area contributed by atoms with Crippen LogP contribution in [0, 0.1) is 0 Å². The van der Waals surface area contributed by atoms with Crippen molar-refractivity contribution >= 4 is 24.4 Å². The van der Waals surface area contributed by atoms with E-state index in [-0.39, 0.29) is 5.97 Å². The Morgan fingerprint density at radius 2 is 1.59 bits per heavy atom. The third-order valence-corrected chi connectivity index (χ3v) is 3.18. The number of esters is 1. The number of hydrogen-bond donors (Lipinski definition) is 0. The highest BCUT2D eigenvalue weighted by Gasteiger charge is 2.04. The van der Waals surface area contributed by atoms with E-state index >= 15 is 0 Å². The fourth-order valence-corrected chi connectivity index (χ4v) is 1.97. The molecule has 0 saturated heterocycles. The van der Waals surface area contributed by atoms with E-state index < -0.39 is 0 Å². The molecule has 0 heterocycles. The number of ether oxygens (including phenoxy) is 2. The van der Waals surface area contributed by atoms with Gasteiger partial charge >= 0.3 is 5.97 Å². The molecule has 4 heteroatoms. The topological polar surface area (TPSA) is 52.6 Å². The highest BCUT2D eigenvalue weighted by molar-refractivity contribution is 5.89. The van der Waals surface area contributed by atoms with Gasteiger partial charge in [0.05, 0.1) is 25.3 Å². The van der Waals surface area contributed by atoms with Crippen LogP contribution >= 0.6 is 0 Å². The zero-order chi connectivity index (χ0) is 15.9. The fraction of sp³-hybridized carbons (Fsp3) is 0.111. The molecule has 0 saturated carbocycles. The average molecular weight is 296 g/mol. The van der Waals surface area contributed by atoms with Gasteiger partial charge < -0.3 is 9.47 Å². The lowest BCUT2D eigenvalue weighted by Crippen LogP contribution is -2.00. The number of methoxy groups -OCH3 is 2. The number of rotatable bonds is 5. The first-order valence-corrected chi connectivity index (χ1v) is 6.67. The quantitative estimate of drug-likeness (QED) is 0.481. The second-order valence-corrected chi connectivity index (χ2v) is 4.57. The van der Waals surface area contributed by atoms with E-state index in [2.05, 4.69) is 4.74 Å². The Hall–Kier alpha value is -2.88. The average Bonchev–Trinajstić information content (AvgIpc) is 2.59. The summed E-state index contributed by atoms with van der Waals surface area (Å²) in [5, 5.41) is 0. The van der Waals surface area contributed by atoms with Gasteiger partial charge in [-0.25, -0.2) is 4.79 Å². The molecule has 0 amide bonds. The van der Waals surface area contributed by atoms with Gasteiger partial charge in [-0.2, -0.15) is 0 Å². The third kappa shape index (κ3) is 3.61. The van der Waals surface area contributed by atoms with Crippen LogP contribution < -0.4 is 4.74 Å². The second-order valence-electron chi connectivity index (χ2n) is 4.57. The Balaban J connectivity index is 2.18. The summed E-state index contributed by atoms with van der Waals surface area (Å²) >= 11 is 0. The minimum atomic E-state index is -0.357. The molecule has 0 bridgehead atoms. The number of carbonyl (C=O) groups is 2. The predicted octanol–water partition coefficient (Wildman–Crippen LogP) is 3.46. The Morgan fingerprint density at radius 3 is 2.18 bits per heavy atom. The molecule has 0 fully saturated rings. The molecule has 2 aromatic rings. The van der Waals surface area contributed by atoms with E-state index in [1.807, 2.05) is 30.4 Å². The van der Waals surface area contributed by atoms with Crippen molar-refractivity contribution < 1.29 is 19.1 Å². The summed E-state index contributed by atoms with van der Waals surface area (Å²) in [7, 11) is 2.88. The van der Waals surface area contributed by atoms with Crippen LogP contribution in [0.15, 0.2) is 42.5 Å². The first-order valence-electron chi connectivity index (χ1n) is 6.67. The van der Waals surface area contributed by atoms with E-state index in [4.69, 9.17) is 4.74 Å². The van der Waals surface area contributed by atoms with Gasteiger partial charge in [-0.15, -0.1) is 0 Å². The molecule has 0 atom stereocenters. The van der Waals surface area contributed by atoms with Crippen molar-refractivity contribution in [3.63, 3.8) is 0 Å². The summed E-state index contributed by atoms with van der Waals surface area (Å²) in [5.74, 6) is 0.183. The largest absolute Gasteiger partial charge is 0.496 e. The molecule has 112 valence electrons. The van der Waals surface area contributed by atoms with Gasteiger partial charge in [-0.1, -0.05) is 30.4 Å². The van der Waals surface area contributed by atoms with Crippen molar-refractivity contribution in [2.24, 2.45) is 0 Å². The maximum Gasteiger partial charge on any atom is 0.337 e. The van der Waals surface area contributed by atoms with E-state index in [9.17, 15) is 9.59 Å². The third-order valence-electron chi connectivity index (χ3n) is 3.18. The number of aldehydes is 1. The van der Waals surface area contributed by atoms with Gasteiger partial charge in [-0.05, 0) is 35.4 Å². The Bertz CT molecular complexity index is 700. The summed E-state index contributed by atoms with van der Waals surface area (Å²) < 4.78 is 9.82. The van der Waals surface area contributed by atoms with E-state index in [1.165, 1.54) is 14.2 Å². The summed E-state index contributed by atoms with van der Waals surface area (Å²) in [6.07, 6.45) is 4.58. The molecule has 2 aromatic carbocycles. The zero-order valence-electron chi connectivity index (χ0n) is 12.4. The zero-order valence-corrected chi connectivity index (χ0v) is 12.4. The van der Waals surface area contributed by atoms with Crippen molar-refractivity contribution in [2.45, 2.75) is 0 Å². The smallest absolute Gasteiger partial charge is 0.337 e. The maximum absolute atomic E-state index is 11.4. The van der Waals surface area contributed by atoms with Crippen molar-refractivity contribution in [1.29, 1.82) is 0 Å². The molecule has 0 aliphatic heterocycles. The molecular weight excluding hydrogens is 280 g/mol. The molecule has 0 spiro atoms. The lowest BCUT2D eigenvalue weighted by atomic mass is 10.1. The molecule has 0 aliphatic rings. The van der Waals surface area contributed by atoms with Crippen molar-refractivity contribution in [2.75, 3.05) is 14.2 Å². The van der Waals surface area contributed by atoms with Crippen molar-refractivity contribution in [3.05, 3.63) is 64.7 Å². The fourth-order valence-electron chi connectivity index (χ4n) is 1.97. The van der Waals surface area contributed by atoms with Crippen molar-refractivity contribution in [3.8, 4) is 5.75 Å². The Morgan fingerprint density at radius 1 is 0.955 bits per heavy atom. The second kappa shape index (κ2) is 7.22. The molecule has 4 nitrogen and oxygen atoms in total. The van der Waals surface area contributed by atoms with Crippen LogP contribution in [-0.4, -0.2) is 26.5 Å². The standard InChI is InChI=1S/C18H16O4/c1-21-17-11-14(7-10-16(17)12-19)4-3-13-5-8-15(9-6-13)18(20)22-2/h3-12H,1-2H3/b4-3+. The van der Waals surface area contributed by atoms with Crippen LogP contribution in [0.25, 0.3) is 12.2 Å². The molecule has 0 aromatic heterocycles. The van der Waals surface area contributed by atoms with Crippen LogP contribution in [0.5, 0.6) is 5.75 Å². The lowest BCUT2D eigenvalue weighted by Gasteiger charge is -2.04. The van der Waals surface area contributed by atoms with Crippen LogP contribution in [0.4, 0.5) is 0 Å². The van der Waals surface area contributed by atoms with Gasteiger partial charge in [-0.3, -0.25) is 4.79 Å². The summed E-state index contributed by atoms with van der Waals surface area (Å²) in [4.78, 5) is 22.2. The SMILES string of the molecule is COC(=O)c1ccc(/C=C/c2ccc(C=O)c(OC)c2)cc1. The highest BCUT2D eigenvalue weighted by atomic mass is 16.5. The number of benzene rings is 2. The minimum Gasteiger partial charge on any atom is -0.496 e. The van der Waals surface area contributed by atoms with Gasteiger partial charge in [0.1, 0.15) is 5.75 Å². The van der Waals surface area contributed by atoms with E-state index in [0.717, 1.165) is 17.4 Å². The van der Waals surface area contributed by atoms with Crippen LogP contribution in [0.3, 0.4) is 0 Å². The van der Waals surface area contributed by atoms with Crippen LogP contribution in [0.1, 0.15) is 31.8 Å². The number of hydrogen-bond acceptors (Lipinski definition) is 4. The molecule has 0 N–H and O–H groups in total. The predicted molar refractivity (Wildman–Crippen MR) is 85.1 cm³/mol. The first-order chi connectivity index (χ1) is 10.7. The molecule has 0 unspecified atom stereocenters. The first kappa shape index (κ1) is 15.5. The van der Waals surface area contributed by atoms with Gasteiger partial charge in [0.15, 0.2) is 6.29 Å². The molecule has 2 rings (SSSR count). The summed E-state index contributed by atoms with van der Waals surface area (Å²) in [6, 6.07) is 12.4. The Kier molecular flexibility index (Phi) is 5.09.